The molecule has 0 atom stereocenters. The Labute approximate surface area is 90.4 Å². The molecule has 1 N–H and O–H groups in total. The van der Waals surface area contributed by atoms with Crippen molar-refractivity contribution in [2.75, 3.05) is 0 Å². The number of nitrogens with one attached hydrogen (secondary N) is 1. The van der Waals surface area contributed by atoms with Crippen molar-refractivity contribution in [1.29, 1.82) is 0 Å². The fourth-order valence-electron chi connectivity index (χ4n) is 1.68. The van der Waals surface area contributed by atoms with Crippen LogP contribution in [0.2, 0.25) is 0 Å². The van der Waals surface area contributed by atoms with Gasteiger partial charge in [0.05, 0.1) is 17.4 Å². The lowest BCUT2D eigenvalue weighted by Gasteiger charge is -2.00. The van der Waals surface area contributed by atoms with Gasteiger partial charge in [-0.15, -0.1) is 0 Å². The molecular formula is C11H8N4O. The van der Waals surface area contributed by atoms with Crippen molar-refractivity contribution in [3.8, 4) is 5.69 Å². The van der Waals surface area contributed by atoms with Crippen molar-refractivity contribution in [3.05, 3.63) is 53.3 Å². The second-order valence-corrected chi connectivity index (χ2v) is 3.35. The van der Waals surface area contributed by atoms with Gasteiger partial charge in [-0.2, -0.15) is 0 Å². The molecule has 0 unspecified atom stereocenters. The Morgan fingerprint density at radius 3 is 2.88 bits per heavy atom. The van der Waals surface area contributed by atoms with E-state index in [9.17, 15) is 4.79 Å². The van der Waals surface area contributed by atoms with E-state index in [0.29, 0.717) is 5.65 Å². The number of rotatable bonds is 1. The standard InChI is InChI=1S/C11H8N4O/c16-11-14-10-9(4-2-6-13-10)15(11)8-3-1-5-12-7-8/h1-7H,(H,13,14,16). The van der Waals surface area contributed by atoms with Gasteiger partial charge in [-0.3, -0.25) is 14.5 Å². The largest absolute Gasteiger partial charge is 0.332 e. The number of aromatic amines is 1. The first kappa shape index (κ1) is 8.84. The van der Waals surface area contributed by atoms with E-state index in [-0.39, 0.29) is 5.69 Å². The van der Waals surface area contributed by atoms with Gasteiger partial charge < -0.3 is 0 Å². The highest BCUT2D eigenvalue weighted by atomic mass is 16.1. The normalized spacial score (nSPS) is 10.8. The average molecular weight is 212 g/mol. The minimum Gasteiger partial charge on any atom is -0.290 e. The molecule has 0 spiro atoms. The lowest BCUT2D eigenvalue weighted by Crippen LogP contribution is -2.14. The van der Waals surface area contributed by atoms with Crippen LogP contribution in [0, 0.1) is 0 Å². The molecule has 5 heteroatoms. The molecular weight excluding hydrogens is 204 g/mol. The SMILES string of the molecule is O=c1[nH]c2ncccc2n1-c1cccnc1. The predicted octanol–water partition coefficient (Wildman–Crippen LogP) is 1.11. The molecule has 0 aliphatic heterocycles. The maximum absolute atomic E-state index is 11.8. The fourth-order valence-corrected chi connectivity index (χ4v) is 1.68. The molecule has 0 aromatic carbocycles. The average Bonchev–Trinajstić information content (AvgIpc) is 2.66. The first-order chi connectivity index (χ1) is 7.86. The molecule has 0 radical (unpaired) electrons. The Morgan fingerprint density at radius 2 is 2.06 bits per heavy atom. The van der Waals surface area contributed by atoms with Crippen molar-refractivity contribution in [2.45, 2.75) is 0 Å². The second kappa shape index (κ2) is 3.30. The minimum atomic E-state index is -0.207. The van der Waals surface area contributed by atoms with Gasteiger partial charge in [-0.1, -0.05) is 0 Å². The summed E-state index contributed by atoms with van der Waals surface area (Å²) < 4.78 is 1.55. The van der Waals surface area contributed by atoms with Crippen molar-refractivity contribution in [1.82, 2.24) is 19.5 Å². The number of H-pyrrole nitrogens is 1. The Kier molecular flexibility index (Phi) is 1.83. The molecule has 3 aromatic heterocycles. The summed E-state index contributed by atoms with van der Waals surface area (Å²) in [4.78, 5) is 22.6. The third-order valence-corrected chi connectivity index (χ3v) is 2.36. The summed E-state index contributed by atoms with van der Waals surface area (Å²) >= 11 is 0. The van der Waals surface area contributed by atoms with Gasteiger partial charge in [0.15, 0.2) is 5.65 Å². The molecule has 78 valence electrons. The van der Waals surface area contributed by atoms with Crippen LogP contribution in [0.4, 0.5) is 0 Å². The Bertz CT molecular complexity index is 684. The predicted molar refractivity (Wildman–Crippen MR) is 59.5 cm³/mol. The number of nitrogens with zero attached hydrogens (tertiary/aromatic N) is 3. The number of aromatic nitrogens is 4. The van der Waals surface area contributed by atoms with Crippen molar-refractivity contribution >= 4 is 11.2 Å². The molecule has 0 amide bonds. The van der Waals surface area contributed by atoms with Crippen LogP contribution >= 0.6 is 0 Å². The van der Waals surface area contributed by atoms with Crippen LogP contribution in [0.1, 0.15) is 0 Å². The molecule has 0 fully saturated rings. The number of fused-ring (bicyclic) bond motifs is 1. The van der Waals surface area contributed by atoms with Crippen molar-refractivity contribution in [3.63, 3.8) is 0 Å². The number of hydrogen-bond acceptors (Lipinski definition) is 3. The summed E-state index contributed by atoms with van der Waals surface area (Å²) in [6.07, 6.45) is 4.95. The highest BCUT2D eigenvalue weighted by Crippen LogP contribution is 2.11. The molecule has 5 nitrogen and oxygen atoms in total. The van der Waals surface area contributed by atoms with Crippen molar-refractivity contribution in [2.24, 2.45) is 0 Å². The van der Waals surface area contributed by atoms with Gasteiger partial charge in [-0.25, -0.2) is 9.78 Å². The lowest BCUT2D eigenvalue weighted by molar-refractivity contribution is 1.00. The van der Waals surface area contributed by atoms with E-state index in [2.05, 4.69) is 15.0 Å². The second-order valence-electron chi connectivity index (χ2n) is 3.35. The first-order valence-electron chi connectivity index (χ1n) is 4.82. The zero-order valence-corrected chi connectivity index (χ0v) is 8.29. The van der Waals surface area contributed by atoms with Gasteiger partial charge >= 0.3 is 5.69 Å². The monoisotopic (exact) mass is 212 g/mol. The van der Waals surface area contributed by atoms with Crippen LogP contribution in [0.5, 0.6) is 0 Å². The minimum absolute atomic E-state index is 0.207. The number of pyridine rings is 2. The van der Waals surface area contributed by atoms with Gasteiger partial charge in [0.25, 0.3) is 0 Å². The highest BCUT2D eigenvalue weighted by molar-refractivity contribution is 5.72. The summed E-state index contributed by atoms with van der Waals surface area (Å²) in [7, 11) is 0. The maximum Gasteiger partial charge on any atom is 0.332 e. The molecule has 16 heavy (non-hydrogen) atoms. The molecule has 0 aliphatic rings. The fraction of sp³-hybridized carbons (Fsp3) is 0. The molecule has 0 aliphatic carbocycles. The zero-order valence-electron chi connectivity index (χ0n) is 8.29. The smallest absolute Gasteiger partial charge is 0.290 e. The summed E-state index contributed by atoms with van der Waals surface area (Å²) in [5.74, 6) is 0. The van der Waals surface area contributed by atoms with E-state index in [4.69, 9.17) is 0 Å². The van der Waals surface area contributed by atoms with Crippen LogP contribution in [0.15, 0.2) is 47.7 Å². The third-order valence-electron chi connectivity index (χ3n) is 2.36. The van der Waals surface area contributed by atoms with E-state index in [1.807, 2.05) is 12.1 Å². The van der Waals surface area contributed by atoms with Gasteiger partial charge in [-0.05, 0) is 24.3 Å². The van der Waals surface area contributed by atoms with Crippen LogP contribution in [0.3, 0.4) is 0 Å². The van der Waals surface area contributed by atoms with Crippen LogP contribution < -0.4 is 5.69 Å². The van der Waals surface area contributed by atoms with E-state index < -0.39 is 0 Å². The maximum atomic E-state index is 11.8. The lowest BCUT2D eigenvalue weighted by atomic mass is 10.4. The first-order valence-corrected chi connectivity index (χ1v) is 4.82. The molecule has 3 heterocycles. The summed E-state index contributed by atoms with van der Waals surface area (Å²) in [5, 5.41) is 0. The Balaban J connectivity index is 2.40. The molecule has 0 saturated heterocycles. The van der Waals surface area contributed by atoms with Crippen LogP contribution in [0.25, 0.3) is 16.9 Å². The number of imidazole rings is 1. The van der Waals surface area contributed by atoms with E-state index >= 15 is 0 Å². The molecule has 0 bridgehead atoms. The molecule has 0 saturated carbocycles. The summed E-state index contributed by atoms with van der Waals surface area (Å²) in [6, 6.07) is 7.25. The number of hydrogen-bond donors (Lipinski definition) is 1. The molecule has 3 aromatic rings. The van der Waals surface area contributed by atoms with Crippen LogP contribution in [-0.2, 0) is 0 Å². The van der Waals surface area contributed by atoms with Gasteiger partial charge in [0.2, 0.25) is 0 Å². The highest BCUT2D eigenvalue weighted by Gasteiger charge is 2.08. The molecule has 3 rings (SSSR count). The van der Waals surface area contributed by atoms with Crippen molar-refractivity contribution < 1.29 is 0 Å². The Hall–Kier alpha value is -2.43. The van der Waals surface area contributed by atoms with E-state index in [1.54, 1.807) is 35.3 Å². The van der Waals surface area contributed by atoms with Gasteiger partial charge in [0.1, 0.15) is 0 Å². The third kappa shape index (κ3) is 1.22. The summed E-state index contributed by atoms with van der Waals surface area (Å²) in [5.41, 5.74) is 1.85. The van der Waals surface area contributed by atoms with Crippen LogP contribution in [-0.4, -0.2) is 19.5 Å². The Morgan fingerprint density at radius 1 is 1.19 bits per heavy atom. The van der Waals surface area contributed by atoms with Gasteiger partial charge in [0, 0.05) is 12.4 Å². The zero-order chi connectivity index (χ0) is 11.0. The topological polar surface area (TPSA) is 63.6 Å². The van der Waals surface area contributed by atoms with E-state index in [0.717, 1.165) is 11.2 Å². The van der Waals surface area contributed by atoms with E-state index in [1.165, 1.54) is 0 Å². The summed E-state index contributed by atoms with van der Waals surface area (Å²) in [6.45, 7) is 0. The quantitative estimate of drug-likeness (QED) is 0.657.